The molecule has 0 saturated carbocycles. The standard InChI is InChI=1S/C15H14F3N3O/c1-15(13(17)18)8-20-3-2-12(21(20)14(15)22)10-4-9(7-19)5-11(16)6-10/h4-6,12-13H,2-3,8H2,1H3/t12-,15?/m1/s1. The molecule has 0 radical (unpaired) electrons. The van der Waals surface area contributed by atoms with Crippen molar-refractivity contribution in [1.29, 1.82) is 5.26 Å². The molecule has 0 aliphatic carbocycles. The third-order valence-electron chi connectivity index (χ3n) is 4.38. The van der Waals surface area contributed by atoms with E-state index in [4.69, 9.17) is 5.26 Å². The maximum atomic E-state index is 13.6. The van der Waals surface area contributed by atoms with Gasteiger partial charge in [0.2, 0.25) is 0 Å². The summed E-state index contributed by atoms with van der Waals surface area (Å²) in [5, 5.41) is 11.8. The number of halogens is 3. The van der Waals surface area contributed by atoms with Crippen molar-refractivity contribution in [3.63, 3.8) is 0 Å². The Balaban J connectivity index is 1.97. The van der Waals surface area contributed by atoms with Gasteiger partial charge in [0.05, 0.1) is 17.7 Å². The summed E-state index contributed by atoms with van der Waals surface area (Å²) in [6.45, 7) is 1.67. The van der Waals surface area contributed by atoms with Crippen molar-refractivity contribution in [2.24, 2.45) is 5.41 Å². The lowest BCUT2D eigenvalue weighted by Gasteiger charge is -2.26. The topological polar surface area (TPSA) is 47.3 Å². The monoisotopic (exact) mass is 309 g/mol. The largest absolute Gasteiger partial charge is 0.272 e. The summed E-state index contributed by atoms with van der Waals surface area (Å²) in [5.74, 6) is -1.22. The van der Waals surface area contributed by atoms with E-state index in [1.54, 1.807) is 5.01 Å². The molecule has 3 rings (SSSR count). The number of hydrogen-bond donors (Lipinski definition) is 0. The van der Waals surface area contributed by atoms with Crippen LogP contribution in [0.4, 0.5) is 13.2 Å². The fourth-order valence-corrected chi connectivity index (χ4v) is 3.17. The number of carbonyl (C=O) groups excluding carboxylic acids is 1. The molecule has 2 saturated heterocycles. The Morgan fingerprint density at radius 1 is 1.41 bits per heavy atom. The van der Waals surface area contributed by atoms with Gasteiger partial charge in [-0.15, -0.1) is 0 Å². The predicted molar refractivity (Wildman–Crippen MR) is 71.0 cm³/mol. The molecule has 0 N–H and O–H groups in total. The lowest BCUT2D eigenvalue weighted by molar-refractivity contribution is -0.147. The Hall–Kier alpha value is -2.07. The van der Waals surface area contributed by atoms with Crippen LogP contribution in [0.1, 0.15) is 30.5 Å². The van der Waals surface area contributed by atoms with Crippen LogP contribution in [-0.2, 0) is 4.79 Å². The van der Waals surface area contributed by atoms with Crippen molar-refractivity contribution in [2.75, 3.05) is 13.1 Å². The second kappa shape index (κ2) is 4.99. The molecular formula is C15H14F3N3O. The number of rotatable bonds is 2. The highest BCUT2D eigenvalue weighted by molar-refractivity contribution is 5.85. The number of nitriles is 1. The van der Waals surface area contributed by atoms with E-state index in [1.807, 2.05) is 6.07 Å². The van der Waals surface area contributed by atoms with Crippen molar-refractivity contribution in [3.8, 4) is 6.07 Å². The minimum Gasteiger partial charge on any atom is -0.272 e. The van der Waals surface area contributed by atoms with E-state index in [2.05, 4.69) is 0 Å². The number of nitrogens with zero attached hydrogens (tertiary/aromatic N) is 3. The minimum absolute atomic E-state index is 0.0412. The molecule has 116 valence electrons. The molecule has 2 aliphatic rings. The van der Waals surface area contributed by atoms with Crippen LogP contribution in [0.15, 0.2) is 18.2 Å². The quantitative estimate of drug-likeness (QED) is 0.843. The third-order valence-corrected chi connectivity index (χ3v) is 4.38. The van der Waals surface area contributed by atoms with Gasteiger partial charge >= 0.3 is 0 Å². The van der Waals surface area contributed by atoms with Gasteiger partial charge in [0.15, 0.2) is 0 Å². The van der Waals surface area contributed by atoms with Crippen LogP contribution >= 0.6 is 0 Å². The molecule has 0 aromatic heterocycles. The summed E-state index contributed by atoms with van der Waals surface area (Å²) in [4.78, 5) is 12.4. The molecule has 22 heavy (non-hydrogen) atoms. The molecule has 1 aromatic rings. The third kappa shape index (κ3) is 2.06. The van der Waals surface area contributed by atoms with Crippen LogP contribution in [0.5, 0.6) is 0 Å². The van der Waals surface area contributed by atoms with Crippen molar-refractivity contribution >= 4 is 5.91 Å². The van der Waals surface area contributed by atoms with Crippen LogP contribution in [0.25, 0.3) is 0 Å². The summed E-state index contributed by atoms with van der Waals surface area (Å²) in [6, 6.07) is 5.21. The highest BCUT2D eigenvalue weighted by Gasteiger charge is 2.57. The van der Waals surface area contributed by atoms with Crippen LogP contribution in [0, 0.1) is 22.6 Å². The zero-order chi connectivity index (χ0) is 16.1. The van der Waals surface area contributed by atoms with E-state index < -0.39 is 29.6 Å². The first kappa shape index (κ1) is 14.9. The molecule has 7 heteroatoms. The minimum atomic E-state index is -2.76. The summed E-state index contributed by atoms with van der Waals surface area (Å²) < 4.78 is 40.0. The van der Waals surface area contributed by atoms with Gasteiger partial charge in [-0.1, -0.05) is 0 Å². The van der Waals surface area contributed by atoms with Crippen LogP contribution < -0.4 is 0 Å². The van der Waals surface area contributed by atoms with Gasteiger partial charge in [-0.25, -0.2) is 18.2 Å². The Bertz CT molecular complexity index is 672. The number of hydrogen-bond acceptors (Lipinski definition) is 3. The molecule has 2 fully saturated rings. The highest BCUT2D eigenvalue weighted by atomic mass is 19.3. The molecule has 0 bridgehead atoms. The van der Waals surface area contributed by atoms with Gasteiger partial charge in [0, 0.05) is 13.1 Å². The van der Waals surface area contributed by atoms with Crippen molar-refractivity contribution in [1.82, 2.24) is 10.0 Å². The van der Waals surface area contributed by atoms with Crippen molar-refractivity contribution in [2.45, 2.75) is 25.8 Å². The Morgan fingerprint density at radius 3 is 2.77 bits per heavy atom. The molecule has 0 spiro atoms. The van der Waals surface area contributed by atoms with Crippen LogP contribution in [0.2, 0.25) is 0 Å². The molecule has 1 amide bonds. The summed E-state index contributed by atoms with van der Waals surface area (Å²) in [6.07, 6.45) is -2.23. The Morgan fingerprint density at radius 2 is 2.14 bits per heavy atom. The first-order valence-electron chi connectivity index (χ1n) is 6.94. The molecule has 2 aliphatic heterocycles. The lowest BCUT2D eigenvalue weighted by Crippen LogP contribution is -2.39. The summed E-state index contributed by atoms with van der Waals surface area (Å²) >= 11 is 0. The van der Waals surface area contributed by atoms with Gasteiger partial charge in [-0.2, -0.15) is 5.26 Å². The zero-order valence-corrected chi connectivity index (χ0v) is 11.9. The highest BCUT2D eigenvalue weighted by Crippen LogP contribution is 2.45. The van der Waals surface area contributed by atoms with E-state index in [9.17, 15) is 18.0 Å². The average Bonchev–Trinajstić information content (AvgIpc) is 2.98. The van der Waals surface area contributed by atoms with Gasteiger partial charge in [0.25, 0.3) is 12.3 Å². The molecule has 2 heterocycles. The normalized spacial score (nSPS) is 28.3. The van der Waals surface area contributed by atoms with Crippen molar-refractivity contribution in [3.05, 3.63) is 35.1 Å². The van der Waals surface area contributed by atoms with E-state index in [0.717, 1.165) is 6.07 Å². The molecule has 2 atom stereocenters. The number of benzene rings is 1. The van der Waals surface area contributed by atoms with Gasteiger partial charge < -0.3 is 0 Å². The maximum Gasteiger partial charge on any atom is 0.254 e. The molecule has 1 unspecified atom stereocenters. The van der Waals surface area contributed by atoms with Gasteiger partial charge in [-0.3, -0.25) is 9.80 Å². The van der Waals surface area contributed by atoms with E-state index in [0.29, 0.717) is 18.5 Å². The first-order valence-corrected chi connectivity index (χ1v) is 6.94. The number of hydrazine groups is 1. The van der Waals surface area contributed by atoms with E-state index in [1.165, 1.54) is 24.1 Å². The second-order valence-electron chi connectivity index (χ2n) is 5.95. The SMILES string of the molecule is CC1(C(F)F)CN2CC[C@H](c3cc(F)cc(C#N)c3)N2C1=O. The molecular weight excluding hydrogens is 295 g/mol. The molecule has 4 nitrogen and oxygen atoms in total. The average molecular weight is 309 g/mol. The van der Waals surface area contributed by atoms with Gasteiger partial charge in [0.1, 0.15) is 11.2 Å². The molecule has 1 aromatic carbocycles. The summed E-state index contributed by atoms with van der Waals surface area (Å²) in [5.41, 5.74) is -1.12. The number of amides is 1. The fraction of sp³-hybridized carbons (Fsp3) is 0.467. The predicted octanol–water partition coefficient (Wildman–Crippen LogP) is 2.47. The summed E-state index contributed by atoms with van der Waals surface area (Å²) in [7, 11) is 0. The number of carbonyl (C=O) groups is 1. The maximum absolute atomic E-state index is 13.6. The van der Waals surface area contributed by atoms with Crippen molar-refractivity contribution < 1.29 is 18.0 Å². The Kier molecular flexibility index (Phi) is 3.37. The fourth-order valence-electron chi connectivity index (χ4n) is 3.17. The Labute approximate surface area is 125 Å². The lowest BCUT2D eigenvalue weighted by atomic mass is 9.90. The zero-order valence-electron chi connectivity index (χ0n) is 11.9. The number of fused-ring (bicyclic) bond motifs is 1. The van der Waals surface area contributed by atoms with Gasteiger partial charge in [-0.05, 0) is 37.1 Å². The van der Waals surface area contributed by atoms with Crippen LogP contribution in [-0.4, -0.2) is 35.4 Å². The first-order chi connectivity index (χ1) is 10.4. The van der Waals surface area contributed by atoms with E-state index in [-0.39, 0.29) is 12.1 Å². The van der Waals surface area contributed by atoms with Crippen LogP contribution in [0.3, 0.4) is 0 Å². The second-order valence-corrected chi connectivity index (χ2v) is 5.95. The van der Waals surface area contributed by atoms with E-state index >= 15 is 0 Å². The smallest absolute Gasteiger partial charge is 0.254 e. The number of alkyl halides is 2.